The summed E-state index contributed by atoms with van der Waals surface area (Å²) < 4.78 is 2.43. The van der Waals surface area contributed by atoms with Gasteiger partial charge in [0, 0.05) is 25.2 Å². The van der Waals surface area contributed by atoms with Crippen molar-refractivity contribution in [2.24, 2.45) is 5.92 Å². The van der Waals surface area contributed by atoms with Crippen LogP contribution < -0.4 is 5.32 Å². The van der Waals surface area contributed by atoms with Crippen LogP contribution >= 0.6 is 0 Å². The summed E-state index contributed by atoms with van der Waals surface area (Å²) in [6.07, 6.45) is 5.72. The van der Waals surface area contributed by atoms with Crippen molar-refractivity contribution in [1.29, 1.82) is 0 Å². The van der Waals surface area contributed by atoms with E-state index in [1.807, 2.05) is 12.3 Å². The van der Waals surface area contributed by atoms with Gasteiger partial charge < -0.3 is 14.8 Å². The van der Waals surface area contributed by atoms with Crippen LogP contribution in [-0.2, 0) is 6.54 Å². The number of hydrogen-bond acceptors (Lipinski definition) is 4. The van der Waals surface area contributed by atoms with Crippen molar-refractivity contribution in [3.8, 4) is 0 Å². The lowest BCUT2D eigenvalue weighted by atomic mass is 9.99. The minimum atomic E-state index is 0.556. The Bertz CT molecular complexity index is 658. The van der Waals surface area contributed by atoms with Crippen molar-refractivity contribution in [2.75, 3.05) is 32.7 Å². The van der Waals surface area contributed by atoms with Crippen LogP contribution in [0.5, 0.6) is 0 Å². The number of piperidine rings is 1. The highest BCUT2D eigenvalue weighted by Gasteiger charge is 2.28. The number of nitrogens with one attached hydrogen (secondary N) is 1. The van der Waals surface area contributed by atoms with Gasteiger partial charge in [-0.25, -0.2) is 9.97 Å². The zero-order chi connectivity index (χ0) is 15.6. The second-order valence-electron chi connectivity index (χ2n) is 7.02. The number of imidazole rings is 1. The van der Waals surface area contributed by atoms with Gasteiger partial charge in [0.25, 0.3) is 0 Å². The monoisotopic (exact) mass is 313 g/mol. The lowest BCUT2D eigenvalue weighted by Crippen LogP contribution is -2.32. The number of rotatable bonds is 4. The third-order valence-corrected chi connectivity index (χ3v) is 5.46. The van der Waals surface area contributed by atoms with E-state index in [9.17, 15) is 0 Å². The van der Waals surface area contributed by atoms with Crippen LogP contribution in [0.15, 0.2) is 18.3 Å². The van der Waals surface area contributed by atoms with Gasteiger partial charge in [0.05, 0.1) is 0 Å². The second kappa shape index (κ2) is 6.57. The van der Waals surface area contributed by atoms with Crippen LogP contribution in [0.25, 0.3) is 11.2 Å². The summed E-state index contributed by atoms with van der Waals surface area (Å²) in [6.45, 7) is 9.07. The van der Waals surface area contributed by atoms with Gasteiger partial charge in [-0.15, -0.1) is 0 Å². The first kappa shape index (κ1) is 15.1. The summed E-state index contributed by atoms with van der Waals surface area (Å²) >= 11 is 0. The van der Waals surface area contributed by atoms with Crippen LogP contribution in [-0.4, -0.2) is 52.2 Å². The number of likely N-dealkylation sites (tertiary alicyclic amines) is 1. The summed E-state index contributed by atoms with van der Waals surface area (Å²) in [5.74, 6) is 2.52. The Morgan fingerprint density at radius 2 is 2.30 bits per heavy atom. The van der Waals surface area contributed by atoms with E-state index in [4.69, 9.17) is 4.98 Å². The summed E-state index contributed by atoms with van der Waals surface area (Å²) in [7, 11) is 0. The average Bonchev–Trinajstić information content (AvgIpc) is 3.21. The Balaban J connectivity index is 1.66. The molecular weight excluding hydrogens is 286 g/mol. The summed E-state index contributed by atoms with van der Waals surface area (Å²) in [5.41, 5.74) is 2.13. The third kappa shape index (κ3) is 3.00. The highest BCUT2D eigenvalue weighted by atomic mass is 15.2. The summed E-state index contributed by atoms with van der Waals surface area (Å²) in [5, 5.41) is 3.54. The largest absolute Gasteiger partial charge is 0.316 e. The molecule has 0 aromatic carbocycles. The number of nitrogens with zero attached hydrogens (tertiary/aromatic N) is 4. The van der Waals surface area contributed by atoms with Gasteiger partial charge in [-0.2, -0.15) is 0 Å². The first-order valence-corrected chi connectivity index (χ1v) is 9.09. The van der Waals surface area contributed by atoms with Crippen LogP contribution in [0.4, 0.5) is 0 Å². The fraction of sp³-hybridized carbons (Fsp3) is 0.667. The minimum absolute atomic E-state index is 0.556. The van der Waals surface area contributed by atoms with Gasteiger partial charge in [0.1, 0.15) is 11.3 Å². The van der Waals surface area contributed by atoms with E-state index in [2.05, 4.69) is 32.8 Å². The standard InChI is InChI=1S/C18H27N5/c1-2-22-10-7-15(13-22)17-21-16-6-4-9-20-18(16)23(17)12-14-5-3-8-19-11-14/h4,6,9,14-15,19H,2-3,5,7-8,10-13H2,1H3. The highest BCUT2D eigenvalue weighted by molar-refractivity contribution is 5.71. The molecule has 0 spiro atoms. The van der Waals surface area contributed by atoms with Crippen LogP contribution in [0.2, 0.25) is 0 Å². The van der Waals surface area contributed by atoms with E-state index in [1.54, 1.807) is 0 Å². The Morgan fingerprint density at radius 3 is 3.09 bits per heavy atom. The highest BCUT2D eigenvalue weighted by Crippen LogP contribution is 2.30. The lowest BCUT2D eigenvalue weighted by molar-refractivity contribution is 0.329. The molecule has 0 saturated carbocycles. The molecule has 2 aliphatic heterocycles. The molecule has 2 aliphatic rings. The molecule has 23 heavy (non-hydrogen) atoms. The number of fused-ring (bicyclic) bond motifs is 1. The molecule has 5 nitrogen and oxygen atoms in total. The van der Waals surface area contributed by atoms with E-state index in [1.165, 1.54) is 38.2 Å². The first-order chi connectivity index (χ1) is 11.3. The molecule has 2 aromatic rings. The molecule has 124 valence electrons. The molecule has 2 unspecified atom stereocenters. The molecule has 2 fully saturated rings. The molecule has 0 bridgehead atoms. The lowest BCUT2D eigenvalue weighted by Gasteiger charge is -2.24. The first-order valence-electron chi connectivity index (χ1n) is 9.09. The Morgan fingerprint density at radius 1 is 1.35 bits per heavy atom. The minimum Gasteiger partial charge on any atom is -0.316 e. The Labute approximate surface area is 138 Å². The fourth-order valence-electron chi connectivity index (χ4n) is 4.14. The van der Waals surface area contributed by atoms with E-state index in [0.717, 1.165) is 37.3 Å². The third-order valence-electron chi connectivity index (χ3n) is 5.46. The predicted octanol–water partition coefficient (Wildman–Crippen LogP) is 2.24. The predicted molar refractivity (Wildman–Crippen MR) is 92.6 cm³/mol. The smallest absolute Gasteiger partial charge is 0.160 e. The maximum Gasteiger partial charge on any atom is 0.160 e. The molecule has 2 aromatic heterocycles. The molecule has 0 radical (unpaired) electrons. The van der Waals surface area contributed by atoms with Gasteiger partial charge in [0.2, 0.25) is 0 Å². The second-order valence-corrected chi connectivity index (χ2v) is 7.02. The molecule has 0 aliphatic carbocycles. The van der Waals surface area contributed by atoms with E-state index in [-0.39, 0.29) is 0 Å². The quantitative estimate of drug-likeness (QED) is 0.940. The zero-order valence-electron chi connectivity index (χ0n) is 14.0. The maximum atomic E-state index is 4.98. The number of hydrogen-bond donors (Lipinski definition) is 1. The molecule has 1 N–H and O–H groups in total. The van der Waals surface area contributed by atoms with E-state index in [0.29, 0.717) is 11.8 Å². The van der Waals surface area contributed by atoms with E-state index < -0.39 is 0 Å². The average molecular weight is 313 g/mol. The van der Waals surface area contributed by atoms with E-state index >= 15 is 0 Å². The number of pyridine rings is 1. The maximum absolute atomic E-state index is 4.98. The van der Waals surface area contributed by atoms with Crippen LogP contribution in [0, 0.1) is 5.92 Å². The van der Waals surface area contributed by atoms with Crippen LogP contribution in [0.1, 0.15) is 37.9 Å². The van der Waals surface area contributed by atoms with Crippen molar-refractivity contribution in [1.82, 2.24) is 24.8 Å². The van der Waals surface area contributed by atoms with Crippen molar-refractivity contribution in [3.63, 3.8) is 0 Å². The van der Waals surface area contributed by atoms with Gasteiger partial charge in [-0.3, -0.25) is 0 Å². The zero-order valence-corrected chi connectivity index (χ0v) is 14.0. The van der Waals surface area contributed by atoms with Gasteiger partial charge >= 0.3 is 0 Å². The number of aromatic nitrogens is 3. The molecule has 4 heterocycles. The Kier molecular flexibility index (Phi) is 4.31. The van der Waals surface area contributed by atoms with Gasteiger partial charge in [-0.05, 0) is 63.5 Å². The van der Waals surface area contributed by atoms with Crippen molar-refractivity contribution < 1.29 is 0 Å². The summed E-state index contributed by atoms with van der Waals surface area (Å²) in [4.78, 5) is 12.2. The number of likely N-dealkylation sites (N-methyl/N-ethyl adjacent to an activating group) is 1. The van der Waals surface area contributed by atoms with Gasteiger partial charge in [-0.1, -0.05) is 6.92 Å². The van der Waals surface area contributed by atoms with Crippen molar-refractivity contribution >= 4 is 11.2 Å². The summed E-state index contributed by atoms with van der Waals surface area (Å²) in [6, 6.07) is 4.10. The topological polar surface area (TPSA) is 46.0 Å². The fourth-order valence-corrected chi connectivity index (χ4v) is 4.14. The molecular formula is C18H27N5. The molecule has 2 saturated heterocycles. The molecule has 4 rings (SSSR count). The molecule has 5 heteroatoms. The molecule has 0 amide bonds. The molecule has 2 atom stereocenters. The Hall–Kier alpha value is -1.46. The normalized spacial score (nSPS) is 26.1. The van der Waals surface area contributed by atoms with Crippen LogP contribution in [0.3, 0.4) is 0 Å². The SMILES string of the molecule is CCN1CCC(c2nc3cccnc3n2CC2CCCNC2)C1. The van der Waals surface area contributed by atoms with Gasteiger partial charge in [0.15, 0.2) is 5.65 Å². The van der Waals surface area contributed by atoms with Crippen molar-refractivity contribution in [3.05, 3.63) is 24.2 Å². The van der Waals surface area contributed by atoms with Crippen molar-refractivity contribution in [2.45, 2.75) is 38.6 Å².